The van der Waals surface area contributed by atoms with E-state index in [1.807, 2.05) is 29.7 Å². The van der Waals surface area contributed by atoms with Gasteiger partial charge in [-0.3, -0.25) is 4.98 Å². The largest absolute Gasteiger partial charge is 0.508 e. The van der Waals surface area contributed by atoms with E-state index in [2.05, 4.69) is 119 Å². The quantitative estimate of drug-likeness (QED) is 0.167. The molecule has 0 aliphatic carbocycles. The van der Waals surface area contributed by atoms with Crippen molar-refractivity contribution in [2.75, 3.05) is 11.9 Å². The fourth-order valence-electron chi connectivity index (χ4n) is 5.39. The number of nitrogens with zero attached hydrogens (tertiary/aromatic N) is 3. The van der Waals surface area contributed by atoms with Crippen molar-refractivity contribution in [2.24, 2.45) is 0 Å². The van der Waals surface area contributed by atoms with Crippen LogP contribution < -0.4 is 9.64 Å². The van der Waals surface area contributed by atoms with Gasteiger partial charge in [0.05, 0.1) is 0 Å². The molecule has 0 saturated heterocycles. The number of pyridine rings is 1. The third-order valence-corrected chi connectivity index (χ3v) is 9.89. The maximum absolute atomic E-state index is 6.43. The van der Waals surface area contributed by atoms with Gasteiger partial charge >= 0.3 is 0 Å². The van der Waals surface area contributed by atoms with Gasteiger partial charge in [0.25, 0.3) is 0 Å². The first-order valence-corrected chi connectivity index (χ1v) is 15.3. The molecule has 0 amide bonds. The summed E-state index contributed by atoms with van der Waals surface area (Å²) in [5, 5.41) is 4.24. The Morgan fingerprint density at radius 2 is 1.69 bits per heavy atom. The standard InChI is InChI=1S/C35H30N3OS2.Pt/c1-21-22(2)38(20-37(21)6)24-10-9-11-25(17-24)39-32-18-27-30(41-32)19-31-34(26-12-7-8-13-29(26)40-31)33(27)28-16-23(14-15-36-28)35(3,4)5;/h7-16,19-20H,1-6H3;/q-3;. The molecule has 42 heavy (non-hydrogen) atoms. The summed E-state index contributed by atoms with van der Waals surface area (Å²) >= 11 is 3.44. The Balaban J connectivity index is 0.00000316. The summed E-state index contributed by atoms with van der Waals surface area (Å²) in [5.74, 6) is 0.667. The molecule has 0 bridgehead atoms. The second-order valence-corrected chi connectivity index (χ2v) is 13.7. The monoisotopic (exact) mass is 767 g/mol. The predicted molar refractivity (Wildman–Crippen MR) is 174 cm³/mol. The summed E-state index contributed by atoms with van der Waals surface area (Å²) in [5.41, 5.74) is 6.70. The number of allylic oxidation sites excluding steroid dienone is 2. The van der Waals surface area contributed by atoms with Gasteiger partial charge in [-0.05, 0) is 66.5 Å². The molecule has 0 spiro atoms. The number of anilines is 1. The normalized spacial score (nSPS) is 14.0. The van der Waals surface area contributed by atoms with Crippen LogP contribution in [0.4, 0.5) is 5.69 Å². The van der Waals surface area contributed by atoms with Crippen LogP contribution in [0.5, 0.6) is 10.8 Å². The van der Waals surface area contributed by atoms with Gasteiger partial charge in [0.15, 0.2) is 0 Å². The summed E-state index contributed by atoms with van der Waals surface area (Å²) in [6.45, 7) is 13.0. The molecule has 3 aromatic heterocycles. The van der Waals surface area contributed by atoms with Gasteiger partial charge in [-0.1, -0.05) is 55.3 Å². The zero-order valence-corrected chi connectivity index (χ0v) is 28.2. The van der Waals surface area contributed by atoms with Gasteiger partial charge < -0.3 is 14.5 Å². The molecular weight excluding hydrogens is 738 g/mol. The number of aromatic nitrogens is 1. The Morgan fingerprint density at radius 3 is 2.45 bits per heavy atom. The molecule has 1 aliphatic heterocycles. The average molecular weight is 768 g/mol. The van der Waals surface area contributed by atoms with Crippen LogP contribution in [0.3, 0.4) is 0 Å². The molecule has 4 nitrogen and oxygen atoms in total. The van der Waals surface area contributed by atoms with Crippen LogP contribution in [-0.2, 0) is 26.5 Å². The van der Waals surface area contributed by atoms with Crippen LogP contribution in [0.15, 0.2) is 78.3 Å². The molecule has 0 N–H and O–H groups in total. The predicted octanol–water partition coefficient (Wildman–Crippen LogP) is 10.1. The van der Waals surface area contributed by atoms with Crippen LogP contribution in [0.1, 0.15) is 40.2 Å². The molecule has 7 rings (SSSR count). The third kappa shape index (κ3) is 4.94. The molecule has 0 fully saturated rings. The first kappa shape index (κ1) is 28.9. The molecule has 7 heteroatoms. The number of hydrogen-bond donors (Lipinski definition) is 0. The van der Waals surface area contributed by atoms with E-state index in [-0.39, 0.29) is 26.5 Å². The van der Waals surface area contributed by atoms with E-state index in [1.165, 1.54) is 37.1 Å². The second-order valence-electron chi connectivity index (χ2n) is 11.6. The SMILES string of the molecule is CC1=C(C)N(c2[c-]c(Oc3[c-]c4c(-c5cc(C(C)(C)C)ccn5)c5c(cc4s3)sc3ccccc35)ccc2)[CH-]N1C.[Pt]. The van der Waals surface area contributed by atoms with E-state index < -0.39 is 0 Å². The maximum Gasteiger partial charge on any atom is 0.107 e. The second kappa shape index (κ2) is 10.8. The van der Waals surface area contributed by atoms with Crippen molar-refractivity contribution in [3.05, 3.63) is 103 Å². The molecule has 0 saturated carbocycles. The summed E-state index contributed by atoms with van der Waals surface area (Å²) in [6.07, 6.45) is 1.93. The van der Waals surface area contributed by atoms with Crippen molar-refractivity contribution >= 4 is 58.6 Å². The molecule has 0 atom stereocenters. The van der Waals surface area contributed by atoms with Crippen molar-refractivity contribution < 1.29 is 25.8 Å². The molecular formula is C35H30N3OPtS2-3. The van der Waals surface area contributed by atoms with E-state index in [9.17, 15) is 0 Å². The summed E-state index contributed by atoms with van der Waals surface area (Å²) < 4.78 is 10.1. The number of hydrogen-bond acceptors (Lipinski definition) is 6. The fraction of sp³-hybridized carbons (Fsp3) is 0.200. The minimum Gasteiger partial charge on any atom is -0.508 e. The number of ether oxygens (including phenoxy) is 1. The number of benzene rings is 3. The number of fused-ring (bicyclic) bond motifs is 4. The zero-order valence-electron chi connectivity index (χ0n) is 24.3. The van der Waals surface area contributed by atoms with Crippen LogP contribution >= 0.6 is 22.7 Å². The molecule has 1 aliphatic rings. The smallest absolute Gasteiger partial charge is 0.107 e. The van der Waals surface area contributed by atoms with E-state index in [0.717, 1.165) is 32.1 Å². The number of thiophene rings is 2. The van der Waals surface area contributed by atoms with Gasteiger partial charge in [-0.2, -0.15) is 29.5 Å². The van der Waals surface area contributed by atoms with Crippen LogP contribution in [0.2, 0.25) is 0 Å². The summed E-state index contributed by atoms with van der Waals surface area (Å²) in [6, 6.07) is 28.4. The van der Waals surface area contributed by atoms with Crippen LogP contribution in [0.25, 0.3) is 41.5 Å². The van der Waals surface area contributed by atoms with Crippen LogP contribution in [-0.4, -0.2) is 16.9 Å². The van der Waals surface area contributed by atoms with Crippen molar-refractivity contribution in [3.8, 4) is 22.1 Å². The van der Waals surface area contributed by atoms with Crippen molar-refractivity contribution in [3.63, 3.8) is 0 Å². The maximum atomic E-state index is 6.43. The Kier molecular flexibility index (Phi) is 7.45. The molecule has 4 heterocycles. The van der Waals surface area contributed by atoms with Gasteiger partial charge in [-0.15, -0.1) is 41.3 Å². The number of rotatable bonds is 4. The minimum absolute atomic E-state index is 0. The zero-order chi connectivity index (χ0) is 28.5. The van der Waals surface area contributed by atoms with Crippen molar-refractivity contribution in [2.45, 2.75) is 40.0 Å². The van der Waals surface area contributed by atoms with Gasteiger partial charge in [0, 0.05) is 53.8 Å². The van der Waals surface area contributed by atoms with E-state index in [1.54, 1.807) is 11.3 Å². The first-order chi connectivity index (χ1) is 19.7. The molecule has 3 aromatic carbocycles. The molecule has 216 valence electrons. The third-order valence-electron chi connectivity index (χ3n) is 7.86. The van der Waals surface area contributed by atoms with E-state index in [4.69, 9.17) is 9.72 Å². The molecule has 0 unspecified atom stereocenters. The fourth-order valence-corrected chi connectivity index (χ4v) is 7.53. The molecule has 6 aromatic rings. The molecule has 0 radical (unpaired) electrons. The van der Waals surface area contributed by atoms with Gasteiger partial charge in [0.1, 0.15) is 5.06 Å². The van der Waals surface area contributed by atoms with Gasteiger partial charge in [0.2, 0.25) is 0 Å². The van der Waals surface area contributed by atoms with Crippen LogP contribution in [0, 0.1) is 18.8 Å². The topological polar surface area (TPSA) is 28.6 Å². The minimum atomic E-state index is 0. The average Bonchev–Trinajstić information content (AvgIpc) is 3.60. The first-order valence-electron chi connectivity index (χ1n) is 13.7. The van der Waals surface area contributed by atoms with Crippen molar-refractivity contribution in [1.29, 1.82) is 0 Å². The van der Waals surface area contributed by atoms with E-state index >= 15 is 0 Å². The van der Waals surface area contributed by atoms with Gasteiger partial charge in [-0.25, -0.2) is 0 Å². The Bertz CT molecular complexity index is 2000. The Labute approximate surface area is 269 Å². The summed E-state index contributed by atoms with van der Waals surface area (Å²) in [4.78, 5) is 9.17. The Morgan fingerprint density at radius 1 is 0.881 bits per heavy atom. The Hall–Kier alpha value is -3.18. The van der Waals surface area contributed by atoms with E-state index in [0.29, 0.717) is 5.75 Å². The summed E-state index contributed by atoms with van der Waals surface area (Å²) in [7, 11) is 2.06. The van der Waals surface area contributed by atoms with Crippen molar-refractivity contribution in [1.82, 2.24) is 9.88 Å².